The van der Waals surface area contributed by atoms with Crippen LogP contribution < -0.4 is 0 Å². The minimum absolute atomic E-state index is 0.0290. The molecule has 0 radical (unpaired) electrons. The summed E-state index contributed by atoms with van der Waals surface area (Å²) in [5.41, 5.74) is 2.69. The summed E-state index contributed by atoms with van der Waals surface area (Å²) in [7, 11) is 0. The third kappa shape index (κ3) is 3.21. The lowest BCUT2D eigenvalue weighted by molar-refractivity contribution is -0.150. The lowest BCUT2D eigenvalue weighted by atomic mass is 9.49. The van der Waals surface area contributed by atoms with Gasteiger partial charge in [-0.1, -0.05) is 63.2 Å². The number of allylic oxidation sites excluding steroid dienone is 1. The van der Waals surface area contributed by atoms with Gasteiger partial charge in [0.2, 0.25) is 0 Å². The van der Waals surface area contributed by atoms with E-state index in [-0.39, 0.29) is 23.4 Å². The Morgan fingerprint density at radius 2 is 1.76 bits per heavy atom. The van der Waals surface area contributed by atoms with E-state index in [1.165, 1.54) is 5.56 Å². The molecule has 1 aromatic carbocycles. The van der Waals surface area contributed by atoms with Crippen molar-refractivity contribution in [2.45, 2.75) is 47.1 Å². The molecule has 2 fully saturated rings. The first kappa shape index (κ1) is 19.9. The normalized spacial score (nSPS) is 36.8. The van der Waals surface area contributed by atoms with Crippen molar-refractivity contribution in [3.05, 3.63) is 60.4 Å². The molecule has 2 heterocycles. The first-order chi connectivity index (χ1) is 13.8. The van der Waals surface area contributed by atoms with E-state index in [1.807, 2.05) is 24.4 Å². The molecule has 1 aromatic heterocycles. The number of esters is 1. The number of hydrogen-bond acceptors (Lipinski definition) is 3. The standard InChI is InChI=1S/C26H31NO2/c1-17-15-26(5)23(19(3)29-24(26)28)25(4,18(17)2)14-13-22-12-11-21(16-27-22)20-9-7-6-8-10-20/h6-14,16-19,23H,15H2,1-5H3/b14-13+/t17-,18+,19+,23-,25-,26+/m0/s1. The van der Waals surface area contributed by atoms with E-state index >= 15 is 0 Å². The molecule has 3 heteroatoms. The predicted molar refractivity (Wildman–Crippen MR) is 117 cm³/mol. The van der Waals surface area contributed by atoms with Crippen molar-refractivity contribution in [1.82, 2.24) is 4.98 Å². The molecule has 3 nitrogen and oxygen atoms in total. The summed E-state index contributed by atoms with van der Waals surface area (Å²) in [4.78, 5) is 17.3. The molecule has 0 N–H and O–H groups in total. The predicted octanol–water partition coefficient (Wildman–Crippen LogP) is 6.01. The van der Waals surface area contributed by atoms with Gasteiger partial charge in [0.15, 0.2) is 0 Å². The van der Waals surface area contributed by atoms with Gasteiger partial charge in [0.05, 0.1) is 11.1 Å². The van der Waals surface area contributed by atoms with Crippen molar-refractivity contribution in [3.63, 3.8) is 0 Å². The van der Waals surface area contributed by atoms with E-state index in [1.54, 1.807) is 0 Å². The molecule has 1 saturated heterocycles. The Kier molecular flexibility index (Phi) is 4.88. The molecule has 29 heavy (non-hydrogen) atoms. The number of benzene rings is 1. The number of pyridine rings is 1. The summed E-state index contributed by atoms with van der Waals surface area (Å²) in [6.45, 7) is 11.0. The Morgan fingerprint density at radius 1 is 1.03 bits per heavy atom. The molecule has 0 spiro atoms. The fraction of sp³-hybridized carbons (Fsp3) is 0.462. The maximum Gasteiger partial charge on any atom is 0.312 e. The minimum Gasteiger partial charge on any atom is -0.462 e. The fourth-order valence-electron chi connectivity index (χ4n) is 5.99. The second kappa shape index (κ2) is 7.12. The van der Waals surface area contributed by atoms with Crippen LogP contribution in [0.25, 0.3) is 17.2 Å². The third-order valence-electron chi connectivity index (χ3n) is 7.67. The van der Waals surface area contributed by atoms with Crippen LogP contribution in [0.3, 0.4) is 0 Å². The molecule has 0 amide bonds. The molecule has 2 aliphatic rings. The van der Waals surface area contributed by atoms with Gasteiger partial charge in [-0.2, -0.15) is 0 Å². The number of carbonyl (C=O) groups excluding carboxylic acids is 1. The van der Waals surface area contributed by atoms with Crippen molar-refractivity contribution in [2.24, 2.45) is 28.6 Å². The van der Waals surface area contributed by atoms with Crippen LogP contribution in [0.15, 0.2) is 54.7 Å². The summed E-state index contributed by atoms with van der Waals surface area (Å²) in [5, 5.41) is 0. The smallest absolute Gasteiger partial charge is 0.312 e. The number of ether oxygens (including phenoxy) is 1. The van der Waals surface area contributed by atoms with Crippen LogP contribution in [0.5, 0.6) is 0 Å². The van der Waals surface area contributed by atoms with Crippen molar-refractivity contribution in [3.8, 4) is 11.1 Å². The van der Waals surface area contributed by atoms with Crippen LogP contribution >= 0.6 is 0 Å². The molecule has 0 bridgehead atoms. The first-order valence-electron chi connectivity index (χ1n) is 10.7. The zero-order valence-corrected chi connectivity index (χ0v) is 18.1. The lowest BCUT2D eigenvalue weighted by Crippen LogP contribution is -2.52. The molecule has 6 atom stereocenters. The molecule has 1 aliphatic heterocycles. The highest BCUT2D eigenvalue weighted by molar-refractivity contribution is 5.80. The van der Waals surface area contributed by atoms with E-state index in [9.17, 15) is 4.79 Å². The van der Waals surface area contributed by atoms with Gasteiger partial charge in [-0.05, 0) is 55.2 Å². The zero-order valence-electron chi connectivity index (χ0n) is 18.1. The zero-order chi connectivity index (χ0) is 20.8. The number of rotatable bonds is 3. The second-order valence-corrected chi connectivity index (χ2v) is 9.51. The molecule has 0 unspecified atom stereocenters. The summed E-state index contributed by atoms with van der Waals surface area (Å²) < 4.78 is 5.73. The largest absolute Gasteiger partial charge is 0.462 e. The maximum atomic E-state index is 12.7. The van der Waals surface area contributed by atoms with Gasteiger partial charge in [0.1, 0.15) is 6.10 Å². The summed E-state index contributed by atoms with van der Waals surface area (Å²) in [5.74, 6) is 1.06. The summed E-state index contributed by atoms with van der Waals surface area (Å²) >= 11 is 0. The van der Waals surface area contributed by atoms with E-state index < -0.39 is 5.41 Å². The monoisotopic (exact) mass is 389 g/mol. The molecule has 4 rings (SSSR count). The number of cyclic esters (lactones) is 1. The van der Waals surface area contributed by atoms with E-state index in [0.29, 0.717) is 11.8 Å². The number of nitrogens with zero attached hydrogens (tertiary/aromatic N) is 1. The van der Waals surface area contributed by atoms with Gasteiger partial charge >= 0.3 is 5.97 Å². The highest BCUT2D eigenvalue weighted by atomic mass is 16.6. The van der Waals surface area contributed by atoms with Gasteiger partial charge in [0, 0.05) is 17.7 Å². The highest BCUT2D eigenvalue weighted by Gasteiger charge is 2.63. The number of aromatic nitrogens is 1. The van der Waals surface area contributed by atoms with Gasteiger partial charge in [-0.3, -0.25) is 9.78 Å². The summed E-state index contributed by atoms with van der Waals surface area (Å²) in [6.07, 6.45) is 7.18. The SMILES string of the molecule is C[C@@H]1[C@@H](C)C[C@@]2(C)C(=O)O[C@H](C)[C@H]2[C@@]1(C)/C=C/c1ccc(-c2ccccc2)cn1. The highest BCUT2D eigenvalue weighted by Crippen LogP contribution is 2.61. The van der Waals surface area contributed by atoms with Gasteiger partial charge in [-0.25, -0.2) is 0 Å². The Balaban J connectivity index is 1.64. The Hall–Kier alpha value is -2.42. The van der Waals surface area contributed by atoms with Crippen molar-refractivity contribution in [2.75, 3.05) is 0 Å². The topological polar surface area (TPSA) is 39.2 Å². The van der Waals surface area contributed by atoms with Gasteiger partial charge in [-0.15, -0.1) is 0 Å². The average Bonchev–Trinajstić information content (AvgIpc) is 2.94. The molecule has 152 valence electrons. The fourth-order valence-corrected chi connectivity index (χ4v) is 5.99. The van der Waals surface area contributed by atoms with Crippen LogP contribution in [0.2, 0.25) is 0 Å². The number of hydrogen-bond donors (Lipinski definition) is 0. The molecule has 1 saturated carbocycles. The van der Waals surface area contributed by atoms with Crippen LogP contribution in [0, 0.1) is 28.6 Å². The first-order valence-corrected chi connectivity index (χ1v) is 10.7. The lowest BCUT2D eigenvalue weighted by Gasteiger charge is -2.52. The second-order valence-electron chi connectivity index (χ2n) is 9.51. The Morgan fingerprint density at radius 3 is 2.41 bits per heavy atom. The number of fused-ring (bicyclic) bond motifs is 1. The molecule has 1 aliphatic carbocycles. The van der Waals surface area contributed by atoms with Gasteiger partial charge in [0.25, 0.3) is 0 Å². The van der Waals surface area contributed by atoms with E-state index in [2.05, 4.69) is 76.0 Å². The Labute approximate surface area is 174 Å². The van der Waals surface area contributed by atoms with E-state index in [4.69, 9.17) is 4.74 Å². The van der Waals surface area contributed by atoms with Crippen molar-refractivity contribution in [1.29, 1.82) is 0 Å². The molecule has 2 aromatic rings. The van der Waals surface area contributed by atoms with Crippen LogP contribution in [-0.2, 0) is 9.53 Å². The summed E-state index contributed by atoms with van der Waals surface area (Å²) in [6, 6.07) is 14.5. The Bertz CT molecular complexity index is 919. The maximum absolute atomic E-state index is 12.7. The third-order valence-corrected chi connectivity index (χ3v) is 7.67. The average molecular weight is 390 g/mol. The van der Waals surface area contributed by atoms with E-state index in [0.717, 1.165) is 17.7 Å². The van der Waals surface area contributed by atoms with Crippen molar-refractivity contribution >= 4 is 12.0 Å². The molecular weight excluding hydrogens is 358 g/mol. The molecular formula is C26H31NO2. The number of carbonyl (C=O) groups is 1. The quantitative estimate of drug-likeness (QED) is 0.603. The van der Waals surface area contributed by atoms with Crippen LogP contribution in [-0.4, -0.2) is 17.1 Å². The minimum atomic E-state index is -0.408. The van der Waals surface area contributed by atoms with Gasteiger partial charge < -0.3 is 4.74 Å². The van der Waals surface area contributed by atoms with Crippen LogP contribution in [0.1, 0.15) is 46.7 Å². The van der Waals surface area contributed by atoms with Crippen LogP contribution in [0.4, 0.5) is 0 Å². The van der Waals surface area contributed by atoms with Crippen molar-refractivity contribution < 1.29 is 9.53 Å².